The predicted molar refractivity (Wildman–Crippen MR) is 95.5 cm³/mol. The Bertz CT molecular complexity index is 682. The molecule has 1 aliphatic rings. The van der Waals surface area contributed by atoms with Crippen molar-refractivity contribution < 1.29 is 9.53 Å². The summed E-state index contributed by atoms with van der Waals surface area (Å²) < 4.78 is 5.00. The molecular formula is C18H23N5O2. The SMILES string of the molecule is COc1ccc(CNC(=O)NCc2ccc(N3CCCC3)nc2)cn1. The van der Waals surface area contributed by atoms with Crippen LogP contribution in [0.5, 0.6) is 5.88 Å². The molecule has 3 rings (SSSR count). The number of urea groups is 1. The van der Waals surface area contributed by atoms with Crippen LogP contribution in [0.1, 0.15) is 24.0 Å². The van der Waals surface area contributed by atoms with Crippen LogP contribution in [-0.2, 0) is 13.1 Å². The van der Waals surface area contributed by atoms with Gasteiger partial charge in [-0.2, -0.15) is 0 Å². The molecule has 7 heteroatoms. The third kappa shape index (κ3) is 4.82. The molecule has 25 heavy (non-hydrogen) atoms. The van der Waals surface area contributed by atoms with Crippen LogP contribution in [0.4, 0.5) is 10.6 Å². The quantitative estimate of drug-likeness (QED) is 0.841. The number of methoxy groups -OCH3 is 1. The van der Waals surface area contributed by atoms with Crippen molar-refractivity contribution in [1.82, 2.24) is 20.6 Å². The van der Waals surface area contributed by atoms with E-state index >= 15 is 0 Å². The fourth-order valence-electron chi connectivity index (χ4n) is 2.72. The van der Waals surface area contributed by atoms with Crippen LogP contribution in [0.25, 0.3) is 0 Å². The maximum atomic E-state index is 11.9. The summed E-state index contributed by atoms with van der Waals surface area (Å²) in [4.78, 5) is 22.8. The van der Waals surface area contributed by atoms with E-state index in [-0.39, 0.29) is 6.03 Å². The fraction of sp³-hybridized carbons (Fsp3) is 0.389. The third-order valence-corrected chi connectivity index (χ3v) is 4.15. The molecule has 0 atom stereocenters. The van der Waals surface area contributed by atoms with Crippen LogP contribution >= 0.6 is 0 Å². The lowest BCUT2D eigenvalue weighted by molar-refractivity contribution is 0.240. The van der Waals surface area contributed by atoms with Gasteiger partial charge < -0.3 is 20.3 Å². The number of carbonyl (C=O) groups excluding carboxylic acids is 1. The normalized spacial score (nSPS) is 13.6. The predicted octanol–water partition coefficient (Wildman–Crippen LogP) is 2.08. The van der Waals surface area contributed by atoms with Crippen LogP contribution < -0.4 is 20.3 Å². The molecule has 0 aliphatic carbocycles. The molecule has 132 valence electrons. The van der Waals surface area contributed by atoms with E-state index in [1.54, 1.807) is 19.4 Å². The minimum absolute atomic E-state index is 0.223. The standard InChI is InChI=1S/C18H23N5O2/c1-25-17-7-5-15(11-20-17)13-22-18(24)21-12-14-4-6-16(19-10-14)23-8-2-3-9-23/h4-7,10-11H,2-3,8-9,12-13H2,1H3,(H2,21,22,24). The van der Waals surface area contributed by atoms with Crippen molar-refractivity contribution in [2.24, 2.45) is 0 Å². The van der Waals surface area contributed by atoms with Gasteiger partial charge >= 0.3 is 6.03 Å². The van der Waals surface area contributed by atoms with Crippen molar-refractivity contribution in [3.8, 4) is 5.88 Å². The Morgan fingerprint density at radius 1 is 1.04 bits per heavy atom. The monoisotopic (exact) mass is 341 g/mol. The van der Waals surface area contributed by atoms with Crippen molar-refractivity contribution in [1.29, 1.82) is 0 Å². The second kappa shape index (κ2) is 8.32. The first kappa shape index (κ1) is 17.0. The van der Waals surface area contributed by atoms with Crippen molar-refractivity contribution in [2.45, 2.75) is 25.9 Å². The number of rotatable bonds is 6. The van der Waals surface area contributed by atoms with E-state index < -0.39 is 0 Å². The molecule has 1 fully saturated rings. The number of ether oxygens (including phenoxy) is 1. The summed E-state index contributed by atoms with van der Waals surface area (Å²) in [6.45, 7) is 3.01. The van der Waals surface area contributed by atoms with Gasteiger partial charge in [0, 0.05) is 44.6 Å². The molecule has 1 saturated heterocycles. The minimum Gasteiger partial charge on any atom is -0.481 e. The number of amides is 2. The molecule has 2 amide bonds. The Balaban J connectivity index is 1.42. The zero-order valence-corrected chi connectivity index (χ0v) is 14.4. The highest BCUT2D eigenvalue weighted by Gasteiger charge is 2.13. The molecular weight excluding hydrogens is 318 g/mol. The van der Waals surface area contributed by atoms with Crippen molar-refractivity contribution in [2.75, 3.05) is 25.1 Å². The highest BCUT2D eigenvalue weighted by Crippen LogP contribution is 2.17. The highest BCUT2D eigenvalue weighted by molar-refractivity contribution is 5.73. The molecule has 2 aromatic heterocycles. The van der Waals surface area contributed by atoms with E-state index in [0.29, 0.717) is 19.0 Å². The molecule has 0 saturated carbocycles. The average molecular weight is 341 g/mol. The lowest BCUT2D eigenvalue weighted by atomic mass is 10.2. The van der Waals surface area contributed by atoms with E-state index in [1.807, 2.05) is 24.4 Å². The molecule has 0 unspecified atom stereocenters. The second-order valence-electron chi connectivity index (χ2n) is 5.96. The van der Waals surface area contributed by atoms with Crippen molar-refractivity contribution >= 4 is 11.8 Å². The summed E-state index contributed by atoms with van der Waals surface area (Å²) in [5, 5.41) is 5.64. The van der Waals surface area contributed by atoms with Gasteiger partial charge in [-0.05, 0) is 30.0 Å². The fourth-order valence-corrected chi connectivity index (χ4v) is 2.72. The van der Waals surface area contributed by atoms with E-state index in [2.05, 4.69) is 25.5 Å². The maximum absolute atomic E-state index is 11.9. The Morgan fingerprint density at radius 3 is 2.20 bits per heavy atom. The largest absolute Gasteiger partial charge is 0.481 e. The van der Waals surface area contributed by atoms with Gasteiger partial charge in [-0.3, -0.25) is 0 Å². The highest BCUT2D eigenvalue weighted by atomic mass is 16.5. The van der Waals surface area contributed by atoms with Gasteiger partial charge in [0.05, 0.1) is 7.11 Å². The minimum atomic E-state index is -0.223. The van der Waals surface area contributed by atoms with Crippen LogP contribution in [0.3, 0.4) is 0 Å². The number of pyridine rings is 2. The van der Waals surface area contributed by atoms with Crippen LogP contribution in [0, 0.1) is 0 Å². The molecule has 0 spiro atoms. The number of anilines is 1. The number of hydrogen-bond donors (Lipinski definition) is 2. The summed E-state index contributed by atoms with van der Waals surface area (Å²) >= 11 is 0. The molecule has 2 aromatic rings. The molecule has 3 heterocycles. The second-order valence-corrected chi connectivity index (χ2v) is 5.96. The van der Waals surface area contributed by atoms with Crippen LogP contribution in [-0.4, -0.2) is 36.2 Å². The summed E-state index contributed by atoms with van der Waals surface area (Å²) in [6.07, 6.45) is 5.96. The molecule has 0 bridgehead atoms. The number of aromatic nitrogens is 2. The molecule has 1 aliphatic heterocycles. The zero-order valence-electron chi connectivity index (χ0n) is 14.4. The Hall–Kier alpha value is -2.83. The Morgan fingerprint density at radius 2 is 1.68 bits per heavy atom. The molecule has 0 aromatic carbocycles. The lowest BCUT2D eigenvalue weighted by Crippen LogP contribution is -2.34. The van der Waals surface area contributed by atoms with Crippen LogP contribution in [0.15, 0.2) is 36.7 Å². The first-order valence-electron chi connectivity index (χ1n) is 8.45. The smallest absolute Gasteiger partial charge is 0.315 e. The zero-order chi connectivity index (χ0) is 17.5. The van der Waals surface area contributed by atoms with Crippen molar-refractivity contribution in [3.63, 3.8) is 0 Å². The maximum Gasteiger partial charge on any atom is 0.315 e. The first-order chi connectivity index (χ1) is 12.2. The Kier molecular flexibility index (Phi) is 5.66. The molecule has 2 N–H and O–H groups in total. The third-order valence-electron chi connectivity index (χ3n) is 4.15. The topological polar surface area (TPSA) is 79.4 Å². The van der Waals surface area contributed by atoms with Crippen molar-refractivity contribution in [3.05, 3.63) is 47.8 Å². The molecule has 7 nitrogen and oxygen atoms in total. The summed E-state index contributed by atoms with van der Waals surface area (Å²) in [7, 11) is 1.57. The van der Waals surface area contributed by atoms with Gasteiger partial charge in [0.15, 0.2) is 0 Å². The van der Waals surface area contributed by atoms with Gasteiger partial charge in [-0.25, -0.2) is 14.8 Å². The number of nitrogens with one attached hydrogen (secondary N) is 2. The number of nitrogens with zero attached hydrogens (tertiary/aromatic N) is 3. The van der Waals surface area contributed by atoms with Crippen LogP contribution in [0.2, 0.25) is 0 Å². The molecule has 0 radical (unpaired) electrons. The summed E-state index contributed by atoms with van der Waals surface area (Å²) in [5.74, 6) is 1.57. The van der Waals surface area contributed by atoms with Gasteiger partial charge in [0.1, 0.15) is 5.82 Å². The average Bonchev–Trinajstić information content (AvgIpc) is 3.20. The van der Waals surface area contributed by atoms with E-state index in [4.69, 9.17) is 4.74 Å². The van der Waals surface area contributed by atoms with Gasteiger partial charge in [0.2, 0.25) is 5.88 Å². The van der Waals surface area contributed by atoms with E-state index in [0.717, 1.165) is 30.0 Å². The van der Waals surface area contributed by atoms with E-state index in [9.17, 15) is 4.79 Å². The Labute approximate surface area is 147 Å². The van der Waals surface area contributed by atoms with E-state index in [1.165, 1.54) is 12.8 Å². The van der Waals surface area contributed by atoms with Gasteiger partial charge in [-0.1, -0.05) is 12.1 Å². The number of hydrogen-bond acceptors (Lipinski definition) is 5. The first-order valence-corrected chi connectivity index (χ1v) is 8.45. The lowest BCUT2D eigenvalue weighted by Gasteiger charge is -2.16. The number of carbonyl (C=O) groups is 1. The summed E-state index contributed by atoms with van der Waals surface area (Å²) in [6, 6.07) is 7.44. The van der Waals surface area contributed by atoms with Gasteiger partial charge in [-0.15, -0.1) is 0 Å². The summed E-state index contributed by atoms with van der Waals surface area (Å²) in [5.41, 5.74) is 1.89. The van der Waals surface area contributed by atoms with Gasteiger partial charge in [0.25, 0.3) is 0 Å².